The first kappa shape index (κ1) is 23.1. The number of benzene rings is 2. The van der Waals surface area contributed by atoms with Gasteiger partial charge in [0.1, 0.15) is 6.61 Å². The minimum absolute atomic E-state index is 0.131. The summed E-state index contributed by atoms with van der Waals surface area (Å²) < 4.78 is 15.1. The molecule has 2 aromatic rings. The van der Waals surface area contributed by atoms with Gasteiger partial charge in [0.2, 0.25) is 0 Å². The molecule has 168 valence electrons. The molecule has 0 bridgehead atoms. The molecule has 1 aliphatic rings. The van der Waals surface area contributed by atoms with E-state index in [0.29, 0.717) is 18.4 Å². The molecule has 1 amide bonds. The molecular weight excluding hydrogens is 406 g/mol. The zero-order chi connectivity index (χ0) is 22.3. The van der Waals surface area contributed by atoms with Crippen LogP contribution in [0.2, 0.25) is 0 Å². The lowest BCUT2D eigenvalue weighted by molar-refractivity contribution is -0.538. The van der Waals surface area contributed by atoms with E-state index in [1.807, 2.05) is 30.3 Å². The number of carbonyl (C=O) groups is 1. The minimum Gasteiger partial charge on any atom is -0.445 e. The van der Waals surface area contributed by atoms with E-state index in [1.54, 1.807) is 30.3 Å². The molecule has 0 spiro atoms. The summed E-state index contributed by atoms with van der Waals surface area (Å²) in [5, 5.41) is 42.7. The van der Waals surface area contributed by atoms with E-state index < -0.39 is 24.1 Å². The molecule has 0 aromatic heterocycles. The summed E-state index contributed by atoms with van der Waals surface area (Å²) in [6.07, 6.45) is -0.248. The van der Waals surface area contributed by atoms with Crippen LogP contribution in [0.4, 0.5) is 4.79 Å². The number of hydrogen-bond donors (Lipinski definition) is 5. The van der Waals surface area contributed by atoms with Gasteiger partial charge in [0.25, 0.3) is 0 Å². The summed E-state index contributed by atoms with van der Waals surface area (Å²) in [6.45, 7) is -0.145. The molecule has 3 rings (SSSR count). The van der Waals surface area contributed by atoms with Crippen molar-refractivity contribution >= 4 is 6.09 Å². The summed E-state index contributed by atoms with van der Waals surface area (Å²) in [5.41, 5.74) is 1.46. The summed E-state index contributed by atoms with van der Waals surface area (Å²) >= 11 is 0. The summed E-state index contributed by atoms with van der Waals surface area (Å²) in [7, 11) is 0. The Morgan fingerprint density at radius 2 is 1.45 bits per heavy atom. The molecule has 0 heterocycles. The molecule has 1 aliphatic carbocycles. The van der Waals surface area contributed by atoms with Gasteiger partial charge in [-0.1, -0.05) is 60.7 Å². The van der Waals surface area contributed by atoms with Gasteiger partial charge >= 0.3 is 18.0 Å². The van der Waals surface area contributed by atoms with Gasteiger partial charge in [-0.2, -0.15) is 0 Å². The van der Waals surface area contributed by atoms with Crippen molar-refractivity contribution in [3.8, 4) is 0 Å². The smallest absolute Gasteiger partial charge is 0.407 e. The van der Waals surface area contributed by atoms with E-state index >= 15 is 0 Å². The van der Waals surface area contributed by atoms with Crippen LogP contribution in [0, 0.1) is 0 Å². The third-order valence-electron chi connectivity index (χ3n) is 4.96. The number of amides is 1. The van der Waals surface area contributed by atoms with Crippen LogP contribution < -0.4 is 5.32 Å². The lowest BCUT2D eigenvalue weighted by atomic mass is 10.2. The van der Waals surface area contributed by atoms with Crippen LogP contribution in [0.3, 0.4) is 0 Å². The fourth-order valence-corrected chi connectivity index (χ4v) is 3.27. The molecule has 0 unspecified atom stereocenters. The average molecular weight is 433 g/mol. The van der Waals surface area contributed by atoms with E-state index in [1.165, 1.54) is 0 Å². The van der Waals surface area contributed by atoms with Crippen molar-refractivity contribution in [1.29, 1.82) is 0 Å². The highest BCUT2D eigenvalue weighted by molar-refractivity contribution is 5.67. The standard InChI is InChI=1S/C22H27NO8/c24-20(29-14-16-7-3-1-4-8-16)23-18-11-12-19(13-18)31-22(27,28)21(25,26)30-15-17-9-5-2-6-10-17/h1-10,18-19,25-28H,11-15H2,(H,23,24)/t18-,19+/m0/s1. The van der Waals surface area contributed by atoms with Crippen LogP contribution in [-0.4, -0.2) is 50.6 Å². The molecule has 0 aliphatic heterocycles. The van der Waals surface area contributed by atoms with Crippen molar-refractivity contribution in [1.82, 2.24) is 5.32 Å². The SMILES string of the molecule is O=C(N[C@H]1CC[C@@H](OC(O)(O)C(O)(O)OCc2ccccc2)C1)OCc1ccccc1. The Bertz CT molecular complexity index is 828. The predicted molar refractivity (Wildman–Crippen MR) is 108 cm³/mol. The Morgan fingerprint density at radius 1 is 0.871 bits per heavy atom. The fraction of sp³-hybridized carbons (Fsp3) is 0.409. The maximum atomic E-state index is 12.0. The second-order valence-electron chi connectivity index (χ2n) is 7.45. The number of ether oxygens (including phenoxy) is 3. The second kappa shape index (κ2) is 10.2. The van der Waals surface area contributed by atoms with Gasteiger partial charge in [-0.15, -0.1) is 0 Å². The first-order valence-electron chi connectivity index (χ1n) is 9.97. The van der Waals surface area contributed by atoms with Crippen LogP contribution in [0.5, 0.6) is 0 Å². The Labute approximate surface area is 179 Å². The molecule has 9 heteroatoms. The normalized spacial score (nSPS) is 19.2. The minimum atomic E-state index is -3.37. The highest BCUT2D eigenvalue weighted by Gasteiger charge is 2.53. The number of hydrogen-bond acceptors (Lipinski definition) is 8. The third-order valence-corrected chi connectivity index (χ3v) is 4.96. The quantitative estimate of drug-likeness (QED) is 0.374. The fourth-order valence-electron chi connectivity index (χ4n) is 3.27. The molecule has 0 saturated heterocycles. The van der Waals surface area contributed by atoms with E-state index in [9.17, 15) is 25.2 Å². The first-order valence-corrected chi connectivity index (χ1v) is 9.97. The predicted octanol–water partition coefficient (Wildman–Crippen LogP) is 1.34. The lowest BCUT2D eigenvalue weighted by Crippen LogP contribution is -2.59. The van der Waals surface area contributed by atoms with Gasteiger partial charge in [0, 0.05) is 6.04 Å². The highest BCUT2D eigenvalue weighted by atomic mass is 16.9. The number of nitrogens with one attached hydrogen (secondary N) is 1. The monoisotopic (exact) mass is 433 g/mol. The third kappa shape index (κ3) is 6.73. The van der Waals surface area contributed by atoms with Crippen LogP contribution >= 0.6 is 0 Å². The molecule has 1 fully saturated rings. The molecule has 5 N–H and O–H groups in total. The van der Waals surface area contributed by atoms with Crippen molar-refractivity contribution in [2.24, 2.45) is 0 Å². The van der Waals surface area contributed by atoms with Gasteiger partial charge in [0.05, 0.1) is 12.7 Å². The number of rotatable bonds is 9. The van der Waals surface area contributed by atoms with Gasteiger partial charge in [0.15, 0.2) is 0 Å². The Hall–Kier alpha value is -2.53. The van der Waals surface area contributed by atoms with E-state index in [0.717, 1.165) is 5.56 Å². The van der Waals surface area contributed by atoms with Crippen LogP contribution in [0.25, 0.3) is 0 Å². The van der Waals surface area contributed by atoms with E-state index in [4.69, 9.17) is 14.2 Å². The highest BCUT2D eigenvalue weighted by Crippen LogP contribution is 2.30. The maximum absolute atomic E-state index is 12.0. The molecule has 31 heavy (non-hydrogen) atoms. The first-order chi connectivity index (χ1) is 14.7. The topological polar surface area (TPSA) is 138 Å². The average Bonchev–Trinajstić information content (AvgIpc) is 3.18. The van der Waals surface area contributed by atoms with Crippen molar-refractivity contribution in [2.75, 3.05) is 0 Å². The summed E-state index contributed by atoms with van der Waals surface area (Å²) in [5.74, 6) is -6.72. The molecule has 1 saturated carbocycles. The van der Waals surface area contributed by atoms with E-state index in [-0.39, 0.29) is 25.7 Å². The molecule has 0 radical (unpaired) electrons. The second-order valence-corrected chi connectivity index (χ2v) is 7.45. The largest absolute Gasteiger partial charge is 0.445 e. The number of aliphatic hydroxyl groups is 4. The van der Waals surface area contributed by atoms with Crippen LogP contribution in [0.1, 0.15) is 30.4 Å². The molecule has 2 atom stereocenters. The summed E-state index contributed by atoms with van der Waals surface area (Å²) in [6, 6.07) is 17.5. The van der Waals surface area contributed by atoms with Gasteiger partial charge in [-0.3, -0.25) is 0 Å². The van der Waals surface area contributed by atoms with Gasteiger partial charge < -0.3 is 40.0 Å². The molecular formula is C22H27NO8. The lowest BCUT2D eigenvalue weighted by Gasteiger charge is -2.35. The van der Waals surface area contributed by atoms with Gasteiger partial charge in [-0.25, -0.2) is 4.79 Å². The van der Waals surface area contributed by atoms with Gasteiger partial charge in [-0.05, 0) is 30.4 Å². The maximum Gasteiger partial charge on any atom is 0.407 e. The van der Waals surface area contributed by atoms with Crippen molar-refractivity contribution in [2.45, 2.75) is 56.6 Å². The van der Waals surface area contributed by atoms with Crippen molar-refractivity contribution < 1.29 is 39.4 Å². The number of alkyl carbamates (subject to hydrolysis) is 1. The van der Waals surface area contributed by atoms with Crippen molar-refractivity contribution in [3.05, 3.63) is 71.8 Å². The Balaban J connectivity index is 1.43. The zero-order valence-corrected chi connectivity index (χ0v) is 16.9. The van der Waals surface area contributed by atoms with Crippen LogP contribution in [-0.2, 0) is 27.4 Å². The molecule has 9 nitrogen and oxygen atoms in total. The molecule has 2 aromatic carbocycles. The Morgan fingerprint density at radius 3 is 2.06 bits per heavy atom. The summed E-state index contributed by atoms with van der Waals surface area (Å²) in [4.78, 5) is 12.0. The Kier molecular flexibility index (Phi) is 7.60. The van der Waals surface area contributed by atoms with Crippen molar-refractivity contribution in [3.63, 3.8) is 0 Å². The van der Waals surface area contributed by atoms with Crippen LogP contribution in [0.15, 0.2) is 60.7 Å². The number of carbonyl (C=O) groups excluding carboxylic acids is 1. The zero-order valence-electron chi connectivity index (χ0n) is 16.9. The van der Waals surface area contributed by atoms with E-state index in [2.05, 4.69) is 5.32 Å².